The van der Waals surface area contributed by atoms with Crippen LogP contribution in [-0.2, 0) is 9.59 Å². The molecule has 2 N–H and O–H groups in total. The number of methoxy groups -OCH3 is 1. The van der Waals surface area contributed by atoms with Crippen LogP contribution in [0.3, 0.4) is 0 Å². The van der Waals surface area contributed by atoms with Gasteiger partial charge in [0.25, 0.3) is 11.8 Å². The van der Waals surface area contributed by atoms with Crippen LogP contribution in [0.1, 0.15) is 26.7 Å². The van der Waals surface area contributed by atoms with Gasteiger partial charge in [-0.15, -0.1) is 0 Å². The second kappa shape index (κ2) is 9.42. The van der Waals surface area contributed by atoms with Gasteiger partial charge in [0.05, 0.1) is 13.7 Å². The Bertz CT molecular complexity index is 566. The lowest BCUT2D eigenvalue weighted by atomic mass is 9.99. The highest BCUT2D eigenvalue weighted by molar-refractivity contribution is 5.91. The number of benzene rings is 1. The van der Waals surface area contributed by atoms with Crippen LogP contribution < -0.4 is 15.0 Å². The number of likely N-dealkylation sites (N-methyl/N-ethyl adjacent to an activating group) is 1. The van der Waals surface area contributed by atoms with Gasteiger partial charge in [-0.1, -0.05) is 6.92 Å². The fourth-order valence-corrected chi connectivity index (χ4v) is 3.00. The van der Waals surface area contributed by atoms with Crippen molar-refractivity contribution in [3.63, 3.8) is 0 Å². The fraction of sp³-hybridized carbons (Fsp3) is 0.579. The summed E-state index contributed by atoms with van der Waals surface area (Å²) in [5, 5.41) is 2.88. The SMILES string of the molecule is CC[NH+](CC(=O)Nc1ccc(OC)cc1)CC(=O)N1CCC(C)CC1. The Kier molecular flexibility index (Phi) is 7.25. The number of hydrogen-bond donors (Lipinski definition) is 2. The highest BCUT2D eigenvalue weighted by atomic mass is 16.5. The monoisotopic (exact) mass is 348 g/mol. The summed E-state index contributed by atoms with van der Waals surface area (Å²) in [6.07, 6.45) is 2.15. The van der Waals surface area contributed by atoms with Crippen molar-refractivity contribution in [2.45, 2.75) is 26.7 Å². The van der Waals surface area contributed by atoms with E-state index < -0.39 is 0 Å². The van der Waals surface area contributed by atoms with Crippen LogP contribution in [0.5, 0.6) is 5.75 Å². The molecule has 0 bridgehead atoms. The first-order valence-electron chi connectivity index (χ1n) is 9.07. The normalized spacial score (nSPS) is 16.4. The van der Waals surface area contributed by atoms with Gasteiger partial charge in [0, 0.05) is 18.8 Å². The van der Waals surface area contributed by atoms with Crippen LogP contribution in [0, 0.1) is 5.92 Å². The minimum atomic E-state index is -0.0814. The topological polar surface area (TPSA) is 63.1 Å². The molecule has 1 aliphatic heterocycles. The number of nitrogens with one attached hydrogen (secondary N) is 2. The van der Waals surface area contributed by atoms with E-state index in [4.69, 9.17) is 4.74 Å². The van der Waals surface area contributed by atoms with Crippen molar-refractivity contribution in [1.82, 2.24) is 4.90 Å². The lowest BCUT2D eigenvalue weighted by Crippen LogP contribution is -3.14. The van der Waals surface area contributed by atoms with Gasteiger partial charge in [-0.05, 0) is 49.9 Å². The molecule has 138 valence electrons. The van der Waals surface area contributed by atoms with Gasteiger partial charge < -0.3 is 19.9 Å². The summed E-state index contributed by atoms with van der Waals surface area (Å²) >= 11 is 0. The van der Waals surface area contributed by atoms with E-state index in [1.165, 1.54) is 0 Å². The van der Waals surface area contributed by atoms with Gasteiger partial charge >= 0.3 is 0 Å². The molecule has 1 unspecified atom stereocenters. The van der Waals surface area contributed by atoms with Gasteiger partial charge in [-0.3, -0.25) is 9.59 Å². The molecule has 1 atom stereocenters. The van der Waals surface area contributed by atoms with Crippen LogP contribution in [0.25, 0.3) is 0 Å². The van der Waals surface area contributed by atoms with E-state index in [1.807, 2.05) is 24.0 Å². The number of hydrogen-bond acceptors (Lipinski definition) is 3. The highest BCUT2D eigenvalue weighted by Gasteiger charge is 2.24. The van der Waals surface area contributed by atoms with Crippen LogP contribution in [0.4, 0.5) is 5.69 Å². The smallest absolute Gasteiger partial charge is 0.279 e. The Balaban J connectivity index is 1.81. The van der Waals surface area contributed by atoms with Crippen molar-refractivity contribution < 1.29 is 19.2 Å². The largest absolute Gasteiger partial charge is 0.497 e. The zero-order valence-electron chi connectivity index (χ0n) is 15.5. The van der Waals surface area contributed by atoms with E-state index in [9.17, 15) is 9.59 Å². The zero-order valence-corrected chi connectivity index (χ0v) is 15.5. The minimum absolute atomic E-state index is 0.0814. The number of amides is 2. The second-order valence-corrected chi connectivity index (χ2v) is 6.80. The quantitative estimate of drug-likeness (QED) is 0.766. The summed E-state index contributed by atoms with van der Waals surface area (Å²) in [4.78, 5) is 27.6. The van der Waals surface area contributed by atoms with Gasteiger partial charge in [0.15, 0.2) is 13.1 Å². The summed E-state index contributed by atoms with van der Waals surface area (Å²) in [5.41, 5.74) is 0.734. The first-order chi connectivity index (χ1) is 12.0. The van der Waals surface area contributed by atoms with Crippen molar-refractivity contribution in [1.29, 1.82) is 0 Å². The number of rotatable bonds is 7. The third kappa shape index (κ3) is 6.05. The molecule has 1 aromatic carbocycles. The maximum atomic E-state index is 12.4. The van der Waals surface area contributed by atoms with Gasteiger partial charge in [0.2, 0.25) is 0 Å². The van der Waals surface area contributed by atoms with Crippen LogP contribution in [0.2, 0.25) is 0 Å². The maximum Gasteiger partial charge on any atom is 0.279 e. The molecule has 0 radical (unpaired) electrons. The molecule has 0 aromatic heterocycles. The van der Waals surface area contributed by atoms with Crippen molar-refractivity contribution in [3.05, 3.63) is 24.3 Å². The fourth-order valence-electron chi connectivity index (χ4n) is 3.00. The Morgan fingerprint density at radius 3 is 2.40 bits per heavy atom. The van der Waals surface area contributed by atoms with Crippen molar-refractivity contribution in [3.8, 4) is 5.75 Å². The summed E-state index contributed by atoms with van der Waals surface area (Å²) in [6, 6.07) is 7.23. The molecule has 1 heterocycles. The van der Waals surface area contributed by atoms with Gasteiger partial charge in [-0.25, -0.2) is 0 Å². The summed E-state index contributed by atoms with van der Waals surface area (Å²) in [5.74, 6) is 1.53. The lowest BCUT2D eigenvalue weighted by molar-refractivity contribution is -0.882. The predicted octanol–water partition coefficient (Wildman–Crippen LogP) is 0.797. The maximum absolute atomic E-state index is 12.4. The number of likely N-dealkylation sites (tertiary alicyclic amines) is 1. The summed E-state index contributed by atoms with van der Waals surface area (Å²) in [6.45, 7) is 7.33. The van der Waals surface area contributed by atoms with Gasteiger partial charge in [0.1, 0.15) is 5.75 Å². The molecular formula is C19H30N3O3+. The third-order valence-electron chi connectivity index (χ3n) is 4.82. The average Bonchev–Trinajstić information content (AvgIpc) is 2.62. The molecule has 6 heteroatoms. The Hall–Kier alpha value is -2.08. The number of quaternary nitrogens is 1. The Morgan fingerprint density at radius 1 is 1.20 bits per heavy atom. The molecule has 2 rings (SSSR count). The standard InChI is InChI=1S/C19H29N3O3/c1-4-21(14-19(24)22-11-9-15(2)10-12-22)13-18(23)20-16-5-7-17(25-3)8-6-16/h5-8,15H,4,9-14H2,1-3H3,(H,20,23)/p+1. The molecule has 0 saturated carbocycles. The zero-order chi connectivity index (χ0) is 18.2. The van der Waals surface area contributed by atoms with Gasteiger partial charge in [-0.2, -0.15) is 0 Å². The second-order valence-electron chi connectivity index (χ2n) is 6.80. The van der Waals surface area contributed by atoms with Crippen molar-refractivity contribution >= 4 is 17.5 Å². The molecule has 1 saturated heterocycles. The van der Waals surface area contributed by atoms with E-state index in [2.05, 4.69) is 12.2 Å². The van der Waals surface area contributed by atoms with Crippen LogP contribution in [0.15, 0.2) is 24.3 Å². The van der Waals surface area contributed by atoms with Crippen LogP contribution in [-0.4, -0.2) is 56.5 Å². The van der Waals surface area contributed by atoms with Crippen LogP contribution >= 0.6 is 0 Å². The number of carbonyl (C=O) groups excluding carboxylic acids is 2. The molecule has 1 aromatic rings. The number of nitrogens with zero attached hydrogens (tertiary/aromatic N) is 1. The highest BCUT2D eigenvalue weighted by Crippen LogP contribution is 2.16. The Morgan fingerprint density at radius 2 is 1.84 bits per heavy atom. The van der Waals surface area contributed by atoms with Crippen molar-refractivity contribution in [2.75, 3.05) is 45.2 Å². The molecule has 0 spiro atoms. The molecule has 0 aliphatic carbocycles. The molecule has 6 nitrogen and oxygen atoms in total. The number of ether oxygens (including phenoxy) is 1. The average molecular weight is 348 g/mol. The predicted molar refractivity (Wildman–Crippen MR) is 97.8 cm³/mol. The minimum Gasteiger partial charge on any atom is -0.497 e. The first kappa shape index (κ1) is 19.2. The van der Waals surface area contributed by atoms with E-state index in [-0.39, 0.29) is 11.8 Å². The van der Waals surface area contributed by atoms with Crippen molar-refractivity contribution in [2.24, 2.45) is 5.92 Å². The number of anilines is 1. The number of piperidine rings is 1. The molecule has 25 heavy (non-hydrogen) atoms. The summed E-state index contributed by atoms with van der Waals surface area (Å²) < 4.78 is 5.11. The lowest BCUT2D eigenvalue weighted by Gasteiger charge is -2.31. The summed E-state index contributed by atoms with van der Waals surface area (Å²) in [7, 11) is 1.61. The van der Waals surface area contributed by atoms with E-state index in [0.29, 0.717) is 19.0 Å². The van der Waals surface area contributed by atoms with E-state index >= 15 is 0 Å². The molecular weight excluding hydrogens is 318 g/mol. The molecule has 1 fully saturated rings. The molecule has 1 aliphatic rings. The molecule has 2 amide bonds. The Labute approximate surface area is 150 Å². The third-order valence-corrected chi connectivity index (χ3v) is 4.82. The first-order valence-corrected chi connectivity index (χ1v) is 9.07. The number of carbonyl (C=O) groups is 2. The van der Waals surface area contributed by atoms with E-state index in [1.54, 1.807) is 19.2 Å². The van der Waals surface area contributed by atoms with E-state index in [0.717, 1.165) is 48.8 Å².